The average Bonchev–Trinajstić information content (AvgIpc) is 0.771. The maximum absolute atomic E-state index is 13.5. The molecule has 88 heavy (non-hydrogen) atoms. The summed E-state index contributed by atoms with van der Waals surface area (Å²) in [6.07, 6.45) is 36.6. The van der Waals surface area contributed by atoms with Crippen LogP contribution < -0.4 is 5.32 Å². The van der Waals surface area contributed by atoms with Crippen molar-refractivity contribution in [2.24, 2.45) is 5.41 Å². The van der Waals surface area contributed by atoms with Gasteiger partial charge < -0.3 is 29.4 Å². The van der Waals surface area contributed by atoms with E-state index in [9.17, 15) is 66.6 Å². The summed E-state index contributed by atoms with van der Waals surface area (Å²) >= 11 is 0. The topological polar surface area (TPSA) is 358 Å². The highest BCUT2D eigenvalue weighted by Gasteiger charge is 2.60. The second kappa shape index (κ2) is 48.9. The first-order chi connectivity index (χ1) is 41.6. The molecule has 0 aromatic rings. The largest absolute Gasteiger partial charge is 0.477 e. The van der Waals surface area contributed by atoms with Gasteiger partial charge in [0.05, 0.1) is 32.5 Å². The molecule has 0 saturated carbocycles. The maximum Gasteiger partial charge on any atom is 0.397 e. The Labute approximate surface area is 530 Å². The van der Waals surface area contributed by atoms with Gasteiger partial charge in [0.15, 0.2) is 0 Å². The minimum atomic E-state index is -5.94. The highest BCUT2D eigenvalue weighted by molar-refractivity contribution is 7.81. The highest BCUT2D eigenvalue weighted by atomic mass is 32.3. The van der Waals surface area contributed by atoms with E-state index in [0.29, 0.717) is 26.1 Å². The van der Waals surface area contributed by atoms with Gasteiger partial charge >= 0.3 is 47.6 Å². The Morgan fingerprint density at radius 3 is 1.11 bits per heavy atom. The first kappa shape index (κ1) is 84.3. The average molecular weight is 1350 g/mol. The van der Waals surface area contributed by atoms with E-state index < -0.39 is 115 Å². The number of carboxylic acid groups (broad SMARTS) is 1. The van der Waals surface area contributed by atoms with E-state index in [1.165, 1.54) is 193 Å². The van der Waals surface area contributed by atoms with Gasteiger partial charge in [0, 0.05) is 32.0 Å². The van der Waals surface area contributed by atoms with Crippen molar-refractivity contribution in [3.8, 4) is 0 Å². The van der Waals surface area contributed by atoms with E-state index in [2.05, 4.69) is 31.7 Å². The van der Waals surface area contributed by atoms with Crippen LogP contribution in [0.25, 0.3) is 0 Å². The third-order valence-corrected chi connectivity index (χ3v) is 17.8. The number of carboxylic acids is 1. The molecule has 1 aliphatic heterocycles. The third-order valence-electron chi connectivity index (χ3n) is 15.9. The summed E-state index contributed by atoms with van der Waals surface area (Å²) in [7, 11) is -23.0. The Balaban J connectivity index is 3.10. The van der Waals surface area contributed by atoms with Crippen molar-refractivity contribution in [1.29, 1.82) is 0 Å². The number of rotatable bonds is 62. The molecular formula is C60H117NO23S4. The summed E-state index contributed by atoms with van der Waals surface area (Å²) in [5.74, 6) is -6.45. The SMILES string of the molecule is CCCCCCCCCCCCCCCCCCCCCCOCC(C)(COCCCCCCCCCCCCCCCCCCCCCC)CO[C@@]1(C(=O)O)C[C@H](OS(=O)(=O)O)[C@@H](NC(C)=O)C([C@H](OS(=O)(=O)O)[C@@H](COS(=O)(=O)O)OS(=O)(=O)O)O1. The van der Waals surface area contributed by atoms with Gasteiger partial charge in [-0.15, -0.1) is 0 Å². The molecule has 28 heteroatoms. The summed E-state index contributed by atoms with van der Waals surface area (Å²) < 4.78 is 178. The fourth-order valence-electron chi connectivity index (χ4n) is 11.1. The van der Waals surface area contributed by atoms with Crippen LogP contribution in [-0.2, 0) is 86.9 Å². The molecule has 6 N–H and O–H groups in total. The molecule has 524 valence electrons. The molecule has 1 amide bonds. The van der Waals surface area contributed by atoms with E-state index in [-0.39, 0.29) is 13.2 Å². The van der Waals surface area contributed by atoms with Crippen LogP contribution >= 0.6 is 0 Å². The lowest BCUT2D eigenvalue weighted by Crippen LogP contribution is -2.69. The number of aliphatic carboxylic acids is 1. The highest BCUT2D eigenvalue weighted by Crippen LogP contribution is 2.39. The van der Waals surface area contributed by atoms with Crippen molar-refractivity contribution in [2.45, 2.75) is 327 Å². The Bertz CT molecular complexity index is 2200. The normalized spacial score (nSPS) is 18.6. The Morgan fingerprint density at radius 2 is 0.830 bits per heavy atom. The molecule has 1 saturated heterocycles. The number of amides is 1. The van der Waals surface area contributed by atoms with Gasteiger partial charge in [-0.25, -0.2) is 21.5 Å². The minimum Gasteiger partial charge on any atom is -0.477 e. The van der Waals surface area contributed by atoms with Crippen LogP contribution in [0.15, 0.2) is 0 Å². The summed E-state index contributed by atoms with van der Waals surface area (Å²) in [6, 6.07) is -2.26. The fraction of sp³-hybridized carbons (Fsp3) is 0.967. The van der Waals surface area contributed by atoms with Crippen LogP contribution in [0.3, 0.4) is 0 Å². The molecule has 1 aliphatic rings. The smallest absolute Gasteiger partial charge is 0.397 e. The molecule has 1 rings (SSSR count). The van der Waals surface area contributed by atoms with Crippen molar-refractivity contribution in [3.05, 3.63) is 0 Å². The van der Waals surface area contributed by atoms with Crippen molar-refractivity contribution in [1.82, 2.24) is 5.32 Å². The number of unbranched alkanes of at least 4 members (excludes halogenated alkanes) is 38. The van der Waals surface area contributed by atoms with Gasteiger partial charge in [-0.05, 0) is 12.8 Å². The van der Waals surface area contributed by atoms with Crippen LogP contribution in [-0.4, -0.2) is 145 Å². The van der Waals surface area contributed by atoms with Crippen LogP contribution in [0.4, 0.5) is 0 Å². The van der Waals surface area contributed by atoms with E-state index >= 15 is 0 Å². The van der Waals surface area contributed by atoms with Crippen molar-refractivity contribution < 1.29 is 102 Å². The first-order valence-electron chi connectivity index (χ1n) is 33.2. The molecule has 6 atom stereocenters. The summed E-state index contributed by atoms with van der Waals surface area (Å²) in [5.41, 5.74) is -1.24. The lowest BCUT2D eigenvalue weighted by Gasteiger charge is -2.48. The van der Waals surface area contributed by atoms with E-state index in [1.54, 1.807) is 6.92 Å². The van der Waals surface area contributed by atoms with E-state index in [0.717, 1.165) is 58.3 Å². The molecule has 0 aromatic heterocycles. The lowest BCUT2D eigenvalue weighted by molar-refractivity contribution is -0.314. The van der Waals surface area contributed by atoms with Gasteiger partial charge in [-0.1, -0.05) is 265 Å². The van der Waals surface area contributed by atoms with Crippen molar-refractivity contribution in [2.75, 3.05) is 39.6 Å². The van der Waals surface area contributed by atoms with Crippen LogP contribution in [0, 0.1) is 5.41 Å². The number of nitrogens with one attached hydrogen (secondary N) is 1. The predicted octanol–water partition coefficient (Wildman–Crippen LogP) is 13.1. The first-order valence-corrected chi connectivity index (χ1v) is 38.7. The second-order valence-corrected chi connectivity index (χ2v) is 28.8. The number of hydrogen-bond donors (Lipinski definition) is 6. The van der Waals surface area contributed by atoms with E-state index in [1.807, 2.05) is 0 Å². The second-order valence-electron chi connectivity index (χ2n) is 24.5. The number of hydrogen-bond acceptors (Lipinski definition) is 18. The quantitative estimate of drug-likeness (QED) is 0.0243. The summed E-state index contributed by atoms with van der Waals surface area (Å²) in [4.78, 5) is 26.1. The molecule has 24 nitrogen and oxygen atoms in total. The minimum absolute atomic E-state index is 0.101. The monoisotopic (exact) mass is 1350 g/mol. The van der Waals surface area contributed by atoms with Gasteiger partial charge in [-0.2, -0.15) is 33.7 Å². The van der Waals surface area contributed by atoms with Crippen LogP contribution in [0.2, 0.25) is 0 Å². The van der Waals surface area contributed by atoms with Gasteiger partial charge in [-0.3, -0.25) is 23.0 Å². The Hall–Kier alpha value is -1.74. The van der Waals surface area contributed by atoms with Gasteiger partial charge in [0.25, 0.3) is 5.79 Å². The molecule has 1 unspecified atom stereocenters. The zero-order chi connectivity index (χ0) is 65.6. The van der Waals surface area contributed by atoms with Crippen molar-refractivity contribution in [3.63, 3.8) is 0 Å². The maximum atomic E-state index is 13.5. The molecule has 0 spiro atoms. The predicted molar refractivity (Wildman–Crippen MR) is 336 cm³/mol. The molecule has 0 aliphatic carbocycles. The number of carbonyl (C=O) groups is 2. The molecule has 0 aromatic carbocycles. The Kier molecular flexibility index (Phi) is 46.8. The zero-order valence-corrected chi connectivity index (χ0v) is 57.1. The lowest BCUT2D eigenvalue weighted by atomic mass is 9.88. The van der Waals surface area contributed by atoms with Crippen molar-refractivity contribution >= 4 is 53.5 Å². The Morgan fingerprint density at radius 1 is 0.500 bits per heavy atom. The van der Waals surface area contributed by atoms with Crippen LogP contribution in [0.1, 0.15) is 291 Å². The molecular weight excluding hydrogens is 1230 g/mol. The van der Waals surface area contributed by atoms with Gasteiger partial charge in [0.1, 0.15) is 24.4 Å². The standard InChI is InChI=1S/C60H117NO23S4/c1-5-7-9-11-13-15-17-19-21-23-25-27-29-31-33-35-37-39-41-43-45-77-49-59(4,50-78-46-44-42-40-38-36-34-32-30-28-26-24-22-20-18-16-14-12-10-8-6-2)51-79-60(58(63)64)47-53(82-86(68,69)70)55(61-52(3)62)57(81-60)56(84-88(74,75)76)54(83-87(71,72)73)48-80-85(65,66)67/h53-57H,5-51H2,1-4H3,(H,61,62)(H,63,64)(H,65,66,67)(H,68,69,70)(H,71,72,73)(H,74,75,76)/t53-,54+,55+,56+,57?,60-/m0/s1. The molecule has 1 heterocycles. The summed E-state index contributed by atoms with van der Waals surface area (Å²) in [6.45, 7) is 4.87. The fourth-order valence-corrected chi connectivity index (χ4v) is 12.9. The van der Waals surface area contributed by atoms with Crippen LogP contribution in [0.5, 0.6) is 0 Å². The van der Waals surface area contributed by atoms with E-state index in [4.69, 9.17) is 23.1 Å². The van der Waals surface area contributed by atoms with Gasteiger partial charge in [0.2, 0.25) is 5.91 Å². The molecule has 0 bridgehead atoms. The number of ether oxygens (including phenoxy) is 4. The zero-order valence-electron chi connectivity index (χ0n) is 53.8. The summed E-state index contributed by atoms with van der Waals surface area (Å²) in [5, 5.41) is 13.0. The third kappa shape index (κ3) is 46.3. The molecule has 1 fully saturated rings. The molecule has 0 radical (unpaired) electrons. The number of carbonyl (C=O) groups excluding carboxylic acids is 1.